The van der Waals surface area contributed by atoms with Gasteiger partial charge in [0.2, 0.25) is 0 Å². The van der Waals surface area contributed by atoms with Gasteiger partial charge in [0.25, 0.3) is 0 Å². The predicted octanol–water partition coefficient (Wildman–Crippen LogP) is 4.23. The van der Waals surface area contributed by atoms with Crippen molar-refractivity contribution >= 4 is 40.3 Å². The van der Waals surface area contributed by atoms with Crippen LogP contribution in [0.5, 0.6) is 0 Å². The van der Waals surface area contributed by atoms with E-state index in [0.717, 1.165) is 10.9 Å². The number of pyridine rings is 2. The van der Waals surface area contributed by atoms with Crippen molar-refractivity contribution < 1.29 is 19.1 Å². The Hall–Kier alpha value is -3.63. The van der Waals surface area contributed by atoms with E-state index in [-0.39, 0.29) is 19.0 Å². The molecule has 0 fully saturated rings. The van der Waals surface area contributed by atoms with Gasteiger partial charge in [0.15, 0.2) is 6.29 Å². The number of aliphatic hydroxyl groups is 1. The van der Waals surface area contributed by atoms with Gasteiger partial charge in [-0.2, -0.15) is 0 Å². The van der Waals surface area contributed by atoms with Gasteiger partial charge in [0.05, 0.1) is 35.1 Å². The number of nitrogens with two attached hydrogens (primary N) is 1. The minimum atomic E-state index is -0.352. The Balaban J connectivity index is 0.000000509. The highest BCUT2D eigenvalue weighted by atomic mass is 35.5. The van der Waals surface area contributed by atoms with Crippen LogP contribution >= 0.6 is 11.6 Å². The highest BCUT2D eigenvalue weighted by Gasteiger charge is 2.10. The molecule has 0 saturated heterocycles. The second-order valence-corrected chi connectivity index (χ2v) is 7.67. The second-order valence-electron chi connectivity index (χ2n) is 7.26. The number of anilines is 2. The summed E-state index contributed by atoms with van der Waals surface area (Å²) in [5, 5.41) is 12.3. The number of rotatable bonds is 8. The zero-order valence-electron chi connectivity index (χ0n) is 19.0. The van der Waals surface area contributed by atoms with E-state index >= 15 is 0 Å². The molecule has 0 spiro atoms. The molecule has 0 aliphatic carbocycles. The first-order chi connectivity index (χ1) is 17.0. The fraction of sp³-hybridized carbons (Fsp3) is 0.160. The van der Waals surface area contributed by atoms with Crippen LogP contribution in [0.25, 0.3) is 22.2 Å². The topological polar surface area (TPSA) is 122 Å². The summed E-state index contributed by atoms with van der Waals surface area (Å²) in [6, 6.07) is 15.4. The quantitative estimate of drug-likeness (QED) is 0.162. The Bertz CT molecular complexity index is 1300. The van der Waals surface area contributed by atoms with E-state index in [2.05, 4.69) is 25.6 Å². The molecule has 4 aromatic rings. The maximum Gasteiger partial charge on any atom is 0.151 e. The van der Waals surface area contributed by atoms with Crippen LogP contribution in [0.2, 0.25) is 5.02 Å². The monoisotopic (exact) mass is 497 g/mol. The number of hydrogen-bond acceptors (Lipinski definition) is 8. The molecule has 4 rings (SSSR count). The van der Waals surface area contributed by atoms with Gasteiger partial charge >= 0.3 is 0 Å². The van der Waals surface area contributed by atoms with Crippen LogP contribution in [0.1, 0.15) is 15.9 Å². The molecule has 0 amide bonds. The summed E-state index contributed by atoms with van der Waals surface area (Å²) in [6.45, 7) is 0.638. The van der Waals surface area contributed by atoms with E-state index in [1.807, 2.05) is 12.1 Å². The first-order valence-corrected chi connectivity index (χ1v) is 11.0. The number of benzene rings is 2. The lowest BCUT2D eigenvalue weighted by Gasteiger charge is -2.12. The number of aromatic nitrogens is 2. The number of nitrogens with one attached hydrogen (secondary N) is 2. The number of aldehydes is 1. The summed E-state index contributed by atoms with van der Waals surface area (Å²) >= 11 is 6.11. The lowest BCUT2D eigenvalue weighted by Crippen LogP contribution is -2.10. The highest BCUT2D eigenvalue weighted by Crippen LogP contribution is 2.27. The van der Waals surface area contributed by atoms with Crippen LogP contribution in [-0.2, 0) is 11.4 Å². The van der Waals surface area contributed by atoms with E-state index in [0.29, 0.717) is 51.8 Å². The number of aliphatic hydroxyl groups excluding tert-OH is 1. The predicted molar refractivity (Wildman–Crippen MR) is 136 cm³/mol. The number of halogens is 2. The molecule has 5 N–H and O–H groups in total. The summed E-state index contributed by atoms with van der Waals surface area (Å²) in [4.78, 5) is 24.1. The minimum Gasteiger partial charge on any atom is -0.396 e. The van der Waals surface area contributed by atoms with Crippen molar-refractivity contribution in [2.75, 3.05) is 31.3 Å². The fourth-order valence-electron chi connectivity index (χ4n) is 3.16. The summed E-state index contributed by atoms with van der Waals surface area (Å²) in [6.07, 6.45) is 2.33. The van der Waals surface area contributed by atoms with E-state index < -0.39 is 0 Å². The second kappa shape index (κ2) is 12.7. The average Bonchev–Trinajstić information content (AvgIpc) is 2.87. The van der Waals surface area contributed by atoms with Gasteiger partial charge in [0.1, 0.15) is 11.6 Å². The first kappa shape index (κ1) is 26.0. The molecule has 2 heterocycles. The molecule has 35 heavy (non-hydrogen) atoms. The van der Waals surface area contributed by atoms with Crippen LogP contribution in [0, 0.1) is 5.82 Å². The van der Waals surface area contributed by atoms with E-state index in [4.69, 9.17) is 22.4 Å². The number of hydrogen-bond donors (Lipinski definition) is 4. The SMILES string of the molecule is CNOCCO.Nc1ccc(-c2ccc(C=O)c(Cl)c2)nc1NCc1cc2cccnc2cc1F. The van der Waals surface area contributed by atoms with Gasteiger partial charge in [-0.25, -0.2) is 14.9 Å². The van der Waals surface area contributed by atoms with E-state index in [1.54, 1.807) is 49.6 Å². The molecule has 2 aromatic carbocycles. The molecule has 10 heteroatoms. The Morgan fingerprint density at radius 1 is 1.20 bits per heavy atom. The minimum absolute atomic E-state index is 0.0703. The Morgan fingerprint density at radius 2 is 2.03 bits per heavy atom. The van der Waals surface area contributed by atoms with Crippen molar-refractivity contribution in [2.24, 2.45) is 0 Å². The summed E-state index contributed by atoms with van der Waals surface area (Å²) < 4.78 is 14.4. The van der Waals surface area contributed by atoms with Gasteiger partial charge < -0.3 is 16.2 Å². The number of fused-ring (bicyclic) bond motifs is 1. The van der Waals surface area contributed by atoms with Crippen molar-refractivity contribution in [3.05, 3.63) is 82.8 Å². The first-order valence-electron chi connectivity index (χ1n) is 10.6. The zero-order chi connectivity index (χ0) is 25.2. The lowest BCUT2D eigenvalue weighted by atomic mass is 10.1. The van der Waals surface area contributed by atoms with Crippen molar-refractivity contribution in [1.29, 1.82) is 0 Å². The number of nitrogen functional groups attached to an aromatic ring is 1. The zero-order valence-corrected chi connectivity index (χ0v) is 19.7. The lowest BCUT2D eigenvalue weighted by molar-refractivity contribution is 0.0314. The van der Waals surface area contributed by atoms with Crippen molar-refractivity contribution in [2.45, 2.75) is 6.54 Å². The van der Waals surface area contributed by atoms with Gasteiger partial charge in [0, 0.05) is 47.9 Å². The number of nitrogens with zero attached hydrogens (tertiary/aromatic N) is 2. The number of carbonyl (C=O) groups excluding carboxylic acids is 1. The van der Waals surface area contributed by atoms with E-state index in [9.17, 15) is 9.18 Å². The molecule has 2 aromatic heterocycles. The van der Waals surface area contributed by atoms with Crippen LogP contribution < -0.4 is 16.5 Å². The third-order valence-electron chi connectivity index (χ3n) is 4.90. The maximum atomic E-state index is 14.4. The van der Waals surface area contributed by atoms with Gasteiger partial charge in [-0.3, -0.25) is 14.6 Å². The number of carbonyl (C=O) groups is 1. The Morgan fingerprint density at radius 3 is 2.71 bits per heavy atom. The summed E-state index contributed by atoms with van der Waals surface area (Å²) in [7, 11) is 1.65. The normalized spacial score (nSPS) is 10.5. The molecule has 0 unspecified atom stereocenters. The molecule has 0 aliphatic heterocycles. The molecule has 0 aliphatic rings. The maximum absolute atomic E-state index is 14.4. The van der Waals surface area contributed by atoms with Crippen LogP contribution in [-0.4, -0.2) is 41.6 Å². The van der Waals surface area contributed by atoms with Crippen molar-refractivity contribution in [3.8, 4) is 11.3 Å². The van der Waals surface area contributed by atoms with Gasteiger partial charge in [-0.1, -0.05) is 23.7 Å². The molecule has 0 bridgehead atoms. The van der Waals surface area contributed by atoms with Crippen LogP contribution in [0.4, 0.5) is 15.9 Å². The van der Waals surface area contributed by atoms with Crippen LogP contribution in [0.3, 0.4) is 0 Å². The van der Waals surface area contributed by atoms with Gasteiger partial charge in [-0.05, 0) is 36.4 Å². The number of hydroxylamine groups is 1. The molecule has 0 atom stereocenters. The molecule has 8 nitrogen and oxygen atoms in total. The van der Waals surface area contributed by atoms with E-state index in [1.165, 1.54) is 6.07 Å². The smallest absolute Gasteiger partial charge is 0.151 e. The summed E-state index contributed by atoms with van der Waals surface area (Å²) in [5.41, 5.74) is 11.7. The molecular formula is C25H25ClFN5O3. The van der Waals surface area contributed by atoms with Crippen molar-refractivity contribution in [1.82, 2.24) is 15.4 Å². The molecule has 0 saturated carbocycles. The highest BCUT2D eigenvalue weighted by molar-refractivity contribution is 6.33. The largest absolute Gasteiger partial charge is 0.396 e. The summed E-state index contributed by atoms with van der Waals surface area (Å²) in [5.74, 6) is 0.0819. The average molecular weight is 498 g/mol. The third kappa shape index (κ3) is 6.93. The molecular weight excluding hydrogens is 473 g/mol. The Labute approximate surface area is 206 Å². The van der Waals surface area contributed by atoms with Crippen molar-refractivity contribution in [3.63, 3.8) is 0 Å². The molecule has 0 radical (unpaired) electrons. The van der Waals surface area contributed by atoms with Crippen LogP contribution in [0.15, 0.2) is 60.8 Å². The fourth-order valence-corrected chi connectivity index (χ4v) is 3.38. The standard InChI is InChI=1S/C22H16ClFN4O.C3H9NO2/c23-17-9-14(3-4-15(17)12-29)20-6-5-19(25)22(28-20)27-11-16-8-13-2-1-7-26-21(13)10-18(16)24;1-4-6-3-2-5/h1-10,12H,11,25H2,(H,27,28);4-5H,2-3H2,1H3. The molecule has 182 valence electrons. The third-order valence-corrected chi connectivity index (χ3v) is 5.23. The Kier molecular flexibility index (Phi) is 9.45. The van der Waals surface area contributed by atoms with Gasteiger partial charge in [-0.15, -0.1) is 0 Å².